The number of sulfonamides is 1. The minimum atomic E-state index is -3.56. The molecule has 1 aliphatic heterocycles. The third-order valence-electron chi connectivity index (χ3n) is 3.40. The van der Waals surface area contributed by atoms with E-state index < -0.39 is 10.0 Å². The zero-order chi connectivity index (χ0) is 14.2. The van der Waals surface area contributed by atoms with E-state index in [1.54, 1.807) is 18.3 Å². The Hall–Kier alpha value is -1.48. The van der Waals surface area contributed by atoms with Gasteiger partial charge in [0.25, 0.3) is 0 Å². The Morgan fingerprint density at radius 1 is 1.55 bits per heavy atom. The molecule has 1 aliphatic rings. The number of aromatic nitrogens is 2. The summed E-state index contributed by atoms with van der Waals surface area (Å²) < 4.78 is 32.2. The zero-order valence-electron chi connectivity index (χ0n) is 10.8. The molecule has 0 saturated carbocycles. The Labute approximate surface area is 116 Å². The van der Waals surface area contributed by atoms with Crippen molar-refractivity contribution < 1.29 is 13.2 Å². The fraction of sp³-hybridized carbons (Fsp3) is 0.417. The molecule has 7 nitrogen and oxygen atoms in total. The topological polar surface area (TPSA) is 101 Å². The predicted octanol–water partition coefficient (Wildman–Crippen LogP) is -0.0889. The van der Waals surface area contributed by atoms with Crippen LogP contribution in [0.15, 0.2) is 29.4 Å². The van der Waals surface area contributed by atoms with Gasteiger partial charge in [-0.15, -0.1) is 0 Å². The molecule has 0 bridgehead atoms. The molecular weight excluding hydrogens is 280 g/mol. The van der Waals surface area contributed by atoms with Crippen LogP contribution in [0.4, 0.5) is 0 Å². The second-order valence-electron chi connectivity index (χ2n) is 4.64. The Bertz CT molecular complexity index is 712. The van der Waals surface area contributed by atoms with E-state index in [1.165, 1.54) is 10.5 Å². The highest BCUT2D eigenvalue weighted by molar-refractivity contribution is 7.89. The quantitative estimate of drug-likeness (QED) is 0.824. The number of H-pyrrole nitrogens is 1. The first-order valence-corrected chi connectivity index (χ1v) is 7.81. The summed E-state index contributed by atoms with van der Waals surface area (Å²) in [7, 11) is -3.56. The van der Waals surface area contributed by atoms with Crippen LogP contribution < -0.4 is 5.73 Å². The van der Waals surface area contributed by atoms with Gasteiger partial charge in [-0.1, -0.05) is 0 Å². The molecule has 20 heavy (non-hydrogen) atoms. The molecule has 3 rings (SSSR count). The number of hydrogen-bond acceptors (Lipinski definition) is 5. The fourth-order valence-electron chi connectivity index (χ4n) is 2.34. The third-order valence-corrected chi connectivity index (χ3v) is 5.30. The lowest BCUT2D eigenvalue weighted by Gasteiger charge is -2.31. The summed E-state index contributed by atoms with van der Waals surface area (Å²) in [5, 5.41) is 0.600. The summed E-state index contributed by atoms with van der Waals surface area (Å²) in [5.74, 6) is 0. The maximum atomic E-state index is 12.7. The number of rotatable bonds is 3. The van der Waals surface area contributed by atoms with Crippen molar-refractivity contribution >= 4 is 21.1 Å². The molecule has 8 heteroatoms. The first-order chi connectivity index (χ1) is 9.63. The van der Waals surface area contributed by atoms with Crippen LogP contribution in [-0.4, -0.2) is 55.0 Å². The van der Waals surface area contributed by atoms with Crippen LogP contribution in [0.2, 0.25) is 0 Å². The minimum Gasteiger partial charge on any atom is -0.374 e. The smallest absolute Gasteiger partial charge is 0.245 e. The molecule has 0 spiro atoms. The summed E-state index contributed by atoms with van der Waals surface area (Å²) >= 11 is 0. The molecule has 0 amide bonds. The van der Waals surface area contributed by atoms with Gasteiger partial charge in [0.05, 0.1) is 12.7 Å². The number of aromatic amines is 1. The van der Waals surface area contributed by atoms with Crippen molar-refractivity contribution in [3.63, 3.8) is 0 Å². The fourth-order valence-corrected chi connectivity index (χ4v) is 3.94. The largest absolute Gasteiger partial charge is 0.374 e. The summed E-state index contributed by atoms with van der Waals surface area (Å²) in [6.45, 7) is 1.29. The van der Waals surface area contributed by atoms with Crippen molar-refractivity contribution in [1.29, 1.82) is 0 Å². The number of fused-ring (bicyclic) bond motifs is 1. The van der Waals surface area contributed by atoms with Gasteiger partial charge in [-0.2, -0.15) is 4.31 Å². The molecule has 3 N–H and O–H groups in total. The van der Waals surface area contributed by atoms with Crippen molar-refractivity contribution in [2.75, 3.05) is 26.2 Å². The number of ether oxygens (including phenoxy) is 1. The van der Waals surface area contributed by atoms with Gasteiger partial charge < -0.3 is 15.5 Å². The van der Waals surface area contributed by atoms with Crippen LogP contribution in [-0.2, 0) is 14.8 Å². The number of nitrogens with two attached hydrogens (primary N) is 1. The monoisotopic (exact) mass is 296 g/mol. The highest BCUT2D eigenvalue weighted by Gasteiger charge is 2.32. The highest BCUT2D eigenvalue weighted by Crippen LogP contribution is 2.25. The molecule has 1 atom stereocenters. The maximum absolute atomic E-state index is 12.7. The van der Waals surface area contributed by atoms with E-state index in [4.69, 9.17) is 10.5 Å². The Morgan fingerprint density at radius 2 is 2.40 bits per heavy atom. The summed E-state index contributed by atoms with van der Waals surface area (Å²) in [4.78, 5) is 7.24. The molecule has 2 aromatic heterocycles. The van der Waals surface area contributed by atoms with Crippen molar-refractivity contribution in [2.45, 2.75) is 11.0 Å². The number of nitrogens with one attached hydrogen (secondary N) is 1. The van der Waals surface area contributed by atoms with Gasteiger partial charge in [0.2, 0.25) is 10.0 Å². The number of nitrogens with zero attached hydrogens (tertiary/aromatic N) is 2. The lowest BCUT2D eigenvalue weighted by molar-refractivity contribution is 0.00453. The van der Waals surface area contributed by atoms with Gasteiger partial charge in [0, 0.05) is 37.4 Å². The molecular formula is C12H16N4O3S. The first kappa shape index (κ1) is 13.5. The molecule has 2 aromatic rings. The molecule has 0 aliphatic carbocycles. The molecule has 108 valence electrons. The second-order valence-corrected chi connectivity index (χ2v) is 6.55. The standard InChI is InChI=1S/C12H16N4O3S/c13-6-9-8-16(4-5-19-9)20(17,18)11-7-15-12-10(11)2-1-3-14-12/h1-3,7,9H,4-6,8,13H2,(H,14,15). The van der Waals surface area contributed by atoms with E-state index in [9.17, 15) is 8.42 Å². The van der Waals surface area contributed by atoms with E-state index in [1.807, 2.05) is 0 Å². The summed E-state index contributed by atoms with van der Waals surface area (Å²) in [5.41, 5.74) is 6.12. The lowest BCUT2D eigenvalue weighted by Crippen LogP contribution is -2.47. The van der Waals surface area contributed by atoms with Gasteiger partial charge >= 0.3 is 0 Å². The minimum absolute atomic E-state index is 0.248. The number of pyridine rings is 1. The zero-order valence-corrected chi connectivity index (χ0v) is 11.6. The molecule has 0 radical (unpaired) electrons. The Kier molecular flexibility index (Phi) is 3.47. The average Bonchev–Trinajstić information content (AvgIpc) is 2.92. The van der Waals surface area contributed by atoms with Crippen LogP contribution >= 0.6 is 0 Å². The van der Waals surface area contributed by atoms with Crippen molar-refractivity contribution in [3.05, 3.63) is 24.5 Å². The van der Waals surface area contributed by atoms with Gasteiger partial charge in [-0.3, -0.25) is 0 Å². The molecule has 1 saturated heterocycles. The van der Waals surface area contributed by atoms with Crippen LogP contribution in [0, 0.1) is 0 Å². The Morgan fingerprint density at radius 3 is 3.20 bits per heavy atom. The van der Waals surface area contributed by atoms with Crippen LogP contribution in [0.1, 0.15) is 0 Å². The third kappa shape index (κ3) is 2.20. The molecule has 1 fully saturated rings. The van der Waals surface area contributed by atoms with Gasteiger partial charge in [0.1, 0.15) is 10.5 Å². The highest BCUT2D eigenvalue weighted by atomic mass is 32.2. The van der Waals surface area contributed by atoms with Crippen molar-refractivity contribution in [2.24, 2.45) is 5.73 Å². The molecule has 0 aromatic carbocycles. The van der Waals surface area contributed by atoms with Crippen LogP contribution in [0.25, 0.3) is 11.0 Å². The van der Waals surface area contributed by atoms with Crippen molar-refractivity contribution in [3.8, 4) is 0 Å². The van der Waals surface area contributed by atoms with E-state index >= 15 is 0 Å². The van der Waals surface area contributed by atoms with Crippen molar-refractivity contribution in [1.82, 2.24) is 14.3 Å². The first-order valence-electron chi connectivity index (χ1n) is 6.37. The number of morpholine rings is 1. The average molecular weight is 296 g/mol. The van der Waals surface area contributed by atoms with E-state index in [0.717, 1.165) is 0 Å². The second kappa shape index (κ2) is 5.13. The van der Waals surface area contributed by atoms with E-state index in [0.29, 0.717) is 30.7 Å². The Balaban J connectivity index is 1.99. The van der Waals surface area contributed by atoms with Gasteiger partial charge in [-0.05, 0) is 12.1 Å². The normalized spacial score (nSPS) is 21.4. The van der Waals surface area contributed by atoms with Gasteiger partial charge in [-0.25, -0.2) is 13.4 Å². The molecule has 1 unspecified atom stereocenters. The number of hydrogen-bond donors (Lipinski definition) is 2. The predicted molar refractivity (Wildman–Crippen MR) is 73.6 cm³/mol. The van der Waals surface area contributed by atoms with Crippen LogP contribution in [0.5, 0.6) is 0 Å². The lowest BCUT2D eigenvalue weighted by atomic mass is 10.3. The van der Waals surface area contributed by atoms with E-state index in [2.05, 4.69) is 9.97 Å². The summed E-state index contributed by atoms with van der Waals surface area (Å²) in [6, 6.07) is 3.46. The van der Waals surface area contributed by atoms with Gasteiger partial charge in [0.15, 0.2) is 0 Å². The molecule has 3 heterocycles. The summed E-state index contributed by atoms with van der Waals surface area (Å²) in [6.07, 6.45) is 2.86. The van der Waals surface area contributed by atoms with E-state index in [-0.39, 0.29) is 17.5 Å². The SMILES string of the molecule is NCC1CN(S(=O)(=O)c2c[nH]c3ncccc23)CCO1. The van der Waals surface area contributed by atoms with Crippen LogP contribution in [0.3, 0.4) is 0 Å². The maximum Gasteiger partial charge on any atom is 0.245 e.